The molecule has 3 aromatic rings. The lowest BCUT2D eigenvalue weighted by Gasteiger charge is -2.19. The number of rotatable bonds is 6. The second kappa shape index (κ2) is 6.86. The summed E-state index contributed by atoms with van der Waals surface area (Å²) in [5.41, 5.74) is 1.85. The van der Waals surface area contributed by atoms with Crippen LogP contribution < -0.4 is 10.1 Å². The molecule has 3 heterocycles. The van der Waals surface area contributed by atoms with Crippen LogP contribution in [-0.2, 0) is 11.3 Å². The van der Waals surface area contributed by atoms with E-state index in [0.29, 0.717) is 19.8 Å². The minimum Gasteiger partial charge on any atom is -0.483 e. The number of ether oxygens (including phenoxy) is 2. The second-order valence-electron chi connectivity index (χ2n) is 5.62. The zero-order valence-corrected chi connectivity index (χ0v) is 13.0. The van der Waals surface area contributed by atoms with E-state index in [-0.39, 0.29) is 12.1 Å². The molecule has 0 spiro atoms. The third kappa shape index (κ3) is 3.32. The smallest absolute Gasteiger partial charge is 0.180 e. The Hall–Kier alpha value is -2.64. The summed E-state index contributed by atoms with van der Waals surface area (Å²) in [6, 6.07) is 10.0. The number of nitrogens with zero attached hydrogens (tertiary/aromatic N) is 3. The van der Waals surface area contributed by atoms with Crippen molar-refractivity contribution < 1.29 is 13.9 Å². The number of hydrogen-bond acceptors (Lipinski definition) is 6. The van der Waals surface area contributed by atoms with Gasteiger partial charge in [-0.1, -0.05) is 18.2 Å². The summed E-state index contributed by atoms with van der Waals surface area (Å²) in [7, 11) is 0. The molecule has 4 rings (SSSR count). The Bertz CT molecular complexity index is 757. The van der Waals surface area contributed by atoms with Gasteiger partial charge in [0.15, 0.2) is 12.1 Å². The molecule has 24 heavy (non-hydrogen) atoms. The van der Waals surface area contributed by atoms with E-state index < -0.39 is 0 Å². The van der Waals surface area contributed by atoms with Crippen molar-refractivity contribution in [3.05, 3.63) is 61.1 Å². The minimum absolute atomic E-state index is 0.0645. The van der Waals surface area contributed by atoms with E-state index >= 15 is 0 Å². The first-order chi connectivity index (χ1) is 11.9. The predicted octanol–water partition coefficient (Wildman–Crippen LogP) is 1.80. The number of aromatic nitrogens is 3. The lowest BCUT2D eigenvalue weighted by atomic mass is 10.2. The van der Waals surface area contributed by atoms with E-state index in [9.17, 15) is 0 Å². The second-order valence-corrected chi connectivity index (χ2v) is 5.62. The first kappa shape index (κ1) is 14.9. The molecule has 0 amide bonds. The van der Waals surface area contributed by atoms with Crippen molar-refractivity contribution in [3.8, 4) is 11.4 Å². The molecule has 1 aromatic carbocycles. The number of nitrogens with one attached hydrogen (secondary N) is 1. The highest BCUT2D eigenvalue weighted by Crippen LogP contribution is 2.18. The van der Waals surface area contributed by atoms with E-state index in [1.165, 1.54) is 6.39 Å². The van der Waals surface area contributed by atoms with Crippen molar-refractivity contribution in [2.24, 2.45) is 0 Å². The third-order valence-corrected chi connectivity index (χ3v) is 3.92. The van der Waals surface area contributed by atoms with Crippen LogP contribution in [0.15, 0.2) is 59.8 Å². The van der Waals surface area contributed by atoms with Crippen molar-refractivity contribution >= 4 is 0 Å². The van der Waals surface area contributed by atoms with Crippen molar-refractivity contribution in [1.82, 2.24) is 20.1 Å². The van der Waals surface area contributed by atoms with E-state index in [0.717, 1.165) is 17.1 Å². The predicted molar refractivity (Wildman–Crippen MR) is 85.9 cm³/mol. The summed E-state index contributed by atoms with van der Waals surface area (Å²) < 4.78 is 18.4. The topological polar surface area (TPSA) is 74.3 Å². The molecule has 0 unspecified atom stereocenters. The fourth-order valence-corrected chi connectivity index (χ4v) is 2.67. The molecule has 0 bridgehead atoms. The average Bonchev–Trinajstić information content (AvgIpc) is 3.37. The van der Waals surface area contributed by atoms with Gasteiger partial charge in [-0.2, -0.15) is 5.10 Å². The van der Waals surface area contributed by atoms with Gasteiger partial charge in [-0.3, -0.25) is 0 Å². The molecular weight excluding hydrogens is 308 g/mol. The van der Waals surface area contributed by atoms with Crippen LogP contribution >= 0.6 is 0 Å². The normalized spacial score (nSPS) is 20.3. The Kier molecular flexibility index (Phi) is 4.26. The highest BCUT2D eigenvalue weighted by atomic mass is 16.5. The summed E-state index contributed by atoms with van der Waals surface area (Å²) in [6.07, 6.45) is 6.59. The Balaban J connectivity index is 1.38. The zero-order valence-electron chi connectivity index (χ0n) is 13.0. The van der Waals surface area contributed by atoms with Crippen LogP contribution in [0.5, 0.6) is 5.75 Å². The van der Waals surface area contributed by atoms with Gasteiger partial charge in [-0.15, -0.1) is 0 Å². The molecule has 1 N–H and O–H groups in total. The summed E-state index contributed by atoms with van der Waals surface area (Å²) in [5, 5.41) is 7.74. The van der Waals surface area contributed by atoms with Crippen LogP contribution in [0.25, 0.3) is 5.69 Å². The van der Waals surface area contributed by atoms with Gasteiger partial charge in [-0.25, -0.2) is 9.67 Å². The molecule has 124 valence electrons. The van der Waals surface area contributed by atoms with Gasteiger partial charge in [0.2, 0.25) is 0 Å². The number of oxazole rings is 1. The molecular formula is C17H18N4O3. The van der Waals surface area contributed by atoms with E-state index in [1.54, 1.807) is 17.1 Å². The summed E-state index contributed by atoms with van der Waals surface area (Å²) in [5.74, 6) is 0.725. The Morgan fingerprint density at radius 1 is 1.25 bits per heavy atom. The Morgan fingerprint density at radius 3 is 3.00 bits per heavy atom. The van der Waals surface area contributed by atoms with Gasteiger partial charge < -0.3 is 19.2 Å². The van der Waals surface area contributed by atoms with Crippen molar-refractivity contribution in [3.63, 3.8) is 0 Å². The van der Waals surface area contributed by atoms with Crippen LogP contribution in [0.3, 0.4) is 0 Å². The Morgan fingerprint density at radius 2 is 2.17 bits per heavy atom. The monoisotopic (exact) mass is 326 g/mol. The molecule has 1 fully saturated rings. The van der Waals surface area contributed by atoms with Gasteiger partial charge in [0.05, 0.1) is 43.0 Å². The van der Waals surface area contributed by atoms with Gasteiger partial charge in [-0.05, 0) is 12.1 Å². The Labute approximate surface area is 139 Å². The van der Waals surface area contributed by atoms with E-state index in [1.807, 2.05) is 36.5 Å². The van der Waals surface area contributed by atoms with Crippen LogP contribution in [0.1, 0.15) is 5.69 Å². The maximum atomic E-state index is 6.05. The van der Waals surface area contributed by atoms with Crippen LogP contribution in [-0.4, -0.2) is 40.1 Å². The van der Waals surface area contributed by atoms with Gasteiger partial charge in [0, 0.05) is 6.54 Å². The molecule has 1 aliphatic rings. The first-order valence-corrected chi connectivity index (χ1v) is 7.83. The summed E-state index contributed by atoms with van der Waals surface area (Å²) in [4.78, 5) is 4.10. The van der Waals surface area contributed by atoms with Crippen LogP contribution in [0.4, 0.5) is 0 Å². The number of benzene rings is 1. The van der Waals surface area contributed by atoms with Crippen LogP contribution in [0, 0.1) is 0 Å². The van der Waals surface area contributed by atoms with Crippen molar-refractivity contribution in [2.75, 3.05) is 13.2 Å². The van der Waals surface area contributed by atoms with Crippen molar-refractivity contribution in [2.45, 2.75) is 18.7 Å². The van der Waals surface area contributed by atoms with E-state index in [2.05, 4.69) is 15.4 Å². The van der Waals surface area contributed by atoms with Crippen LogP contribution in [0.2, 0.25) is 0 Å². The van der Waals surface area contributed by atoms with E-state index in [4.69, 9.17) is 13.9 Å². The molecule has 7 nitrogen and oxygen atoms in total. The molecule has 2 atom stereocenters. The number of hydrogen-bond donors (Lipinski definition) is 1. The first-order valence-electron chi connectivity index (χ1n) is 7.83. The molecule has 7 heteroatoms. The van der Waals surface area contributed by atoms with Gasteiger partial charge >= 0.3 is 0 Å². The standard InChI is InChI=1S/C17H18N4O3/c1-2-4-14(5-3-1)21-8-15(7-20-21)24-17-11-22-10-16(17)18-6-13-9-23-12-19-13/h1-5,7-9,12,16-18H,6,10-11H2/t16-,17+/m0/s1. The lowest BCUT2D eigenvalue weighted by Crippen LogP contribution is -2.41. The highest BCUT2D eigenvalue weighted by Gasteiger charge is 2.30. The van der Waals surface area contributed by atoms with Gasteiger partial charge in [0.1, 0.15) is 12.4 Å². The fraction of sp³-hybridized carbons (Fsp3) is 0.294. The quantitative estimate of drug-likeness (QED) is 0.744. The minimum atomic E-state index is -0.0645. The average molecular weight is 326 g/mol. The highest BCUT2D eigenvalue weighted by molar-refractivity contribution is 5.32. The molecule has 0 saturated carbocycles. The molecule has 1 aliphatic heterocycles. The van der Waals surface area contributed by atoms with Gasteiger partial charge in [0.25, 0.3) is 0 Å². The summed E-state index contributed by atoms with van der Waals surface area (Å²) >= 11 is 0. The summed E-state index contributed by atoms with van der Waals surface area (Å²) in [6.45, 7) is 1.77. The van der Waals surface area contributed by atoms with Crippen molar-refractivity contribution in [1.29, 1.82) is 0 Å². The number of para-hydroxylation sites is 1. The molecule has 0 aliphatic carbocycles. The maximum Gasteiger partial charge on any atom is 0.180 e. The maximum absolute atomic E-state index is 6.05. The largest absolute Gasteiger partial charge is 0.483 e. The lowest BCUT2D eigenvalue weighted by molar-refractivity contribution is 0.139. The zero-order chi connectivity index (χ0) is 16.2. The molecule has 2 aromatic heterocycles. The molecule has 0 radical (unpaired) electrons. The third-order valence-electron chi connectivity index (χ3n) is 3.92. The molecule has 1 saturated heterocycles. The fourth-order valence-electron chi connectivity index (χ4n) is 2.67. The SMILES string of the molecule is c1ccc(-n2cc(O[C@@H]3COC[C@@H]3NCc3cocn3)cn2)cc1.